The number of Topliss-reactive ketones (excluding diaryl/α,β-unsaturated/α-hetero) is 2. The molecule has 0 aromatic rings. The van der Waals surface area contributed by atoms with Gasteiger partial charge in [-0.3, -0.25) is 28.8 Å². The molecule has 0 saturated carbocycles. The first-order valence-electron chi connectivity index (χ1n) is 40.8. The molecule has 19 nitrogen and oxygen atoms in total. The Bertz CT molecular complexity index is 2330. The van der Waals surface area contributed by atoms with Crippen molar-refractivity contribution in [2.75, 3.05) is 59.7 Å². The van der Waals surface area contributed by atoms with Gasteiger partial charge in [-0.05, 0) is 271 Å². The first kappa shape index (κ1) is 99.4. The Morgan fingerprint density at radius 1 is 0.320 bits per heavy atom. The lowest BCUT2D eigenvalue weighted by molar-refractivity contribution is -0.132. The second-order valence-electron chi connectivity index (χ2n) is 38.6. The van der Waals surface area contributed by atoms with Gasteiger partial charge in [0.1, 0.15) is 11.8 Å². The Morgan fingerprint density at radius 2 is 0.689 bits per heavy atom. The van der Waals surface area contributed by atoms with Crippen molar-refractivity contribution < 1.29 is 38.2 Å². The highest BCUT2D eigenvalue weighted by Gasteiger charge is 2.33. The lowest BCUT2D eigenvalue weighted by atomic mass is 9.82. The Morgan fingerprint density at radius 3 is 1.17 bits per heavy atom. The monoisotopic (exact) mass is 1460 g/mol. The number of ether oxygens (including phenoxy) is 2. The van der Waals surface area contributed by atoms with E-state index in [4.69, 9.17) is 9.47 Å². The molecule has 0 aliphatic heterocycles. The molecule has 0 radical (unpaired) electrons. The molecule has 0 aromatic carbocycles. The van der Waals surface area contributed by atoms with Crippen LogP contribution in [0.1, 0.15) is 346 Å². The van der Waals surface area contributed by atoms with Crippen LogP contribution in [0.3, 0.4) is 0 Å². The SMILES string of the molecule is C=C(NCCCCC(NC(=O)C(CCCCNC(=O)C(CCCCCC(C)(C)C)NC(C)(C)C)NC(=O)C(CCCCNC(C)(C)C)NC(C)(C)C)C(=O)CCCOCCOC)C(CCCCCC(=O)C(CCCCNC(C)(C)C)NC(C)(C)C)NC(=O)C(CCCCNC(C)(C)C)CC(C)(C)C. The molecule has 0 rings (SSSR count). The summed E-state index contributed by atoms with van der Waals surface area (Å²) in [4.78, 5) is 86.3. The van der Waals surface area contributed by atoms with Crippen molar-refractivity contribution in [2.45, 2.75) is 415 Å². The summed E-state index contributed by atoms with van der Waals surface area (Å²) in [5, 5.41) is 38.0. The third-order valence-electron chi connectivity index (χ3n) is 17.9. The molecule has 0 aliphatic rings. The number of unbranched alkanes of at least 4 members (excludes halogenated alkanes) is 9. The lowest BCUT2D eigenvalue weighted by Gasteiger charge is -2.30. The number of ketones is 2. The van der Waals surface area contributed by atoms with Gasteiger partial charge in [0.05, 0.1) is 43.4 Å². The third-order valence-corrected chi connectivity index (χ3v) is 17.9. The second kappa shape index (κ2) is 51.0. The molecular formula is C84H167N11O8. The van der Waals surface area contributed by atoms with Gasteiger partial charge in [0.25, 0.3) is 0 Å². The molecule has 0 heterocycles. The summed E-state index contributed by atoms with van der Waals surface area (Å²) < 4.78 is 10.9. The van der Waals surface area contributed by atoms with Gasteiger partial charge in [-0.15, -0.1) is 0 Å². The fraction of sp³-hybridized carbons (Fsp3) is 0.905. The predicted molar refractivity (Wildman–Crippen MR) is 434 cm³/mol. The first-order chi connectivity index (χ1) is 47.5. The molecule has 606 valence electrons. The zero-order chi connectivity index (χ0) is 78.7. The summed E-state index contributed by atoms with van der Waals surface area (Å²) in [6.07, 6.45) is 20.7. The number of hydrogen-bond donors (Lipinski definition) is 11. The molecule has 7 unspecified atom stereocenters. The molecule has 0 spiro atoms. The summed E-state index contributed by atoms with van der Waals surface area (Å²) >= 11 is 0. The fourth-order valence-corrected chi connectivity index (χ4v) is 12.7. The molecule has 7 atom stereocenters. The summed E-state index contributed by atoms with van der Waals surface area (Å²) in [6, 6.07) is -3.24. The van der Waals surface area contributed by atoms with Gasteiger partial charge in [0.15, 0.2) is 5.78 Å². The van der Waals surface area contributed by atoms with Crippen LogP contribution >= 0.6 is 0 Å². The van der Waals surface area contributed by atoms with E-state index in [1.165, 1.54) is 0 Å². The standard InChI is InChI=1S/C84H167N11O8/c1-63(65(90-73(98)64(62-78(5,6)7)44-32-40-56-87-79(8,9)10)45-29-27-31-51-72(97)67(93-82(17,18)19)47-35-41-57-88-80(11,12)13)85-54-38-33-46-66(71(96)52-43-59-103-61-60-102-26)91-75(100)68(92-76(101)70(95-84(23,24)25)50-36-42-58-89-81(14,15)16)48-34-39-55-86-74(99)69(94-83(20,21)22)49-30-28-37-53-77(2,3)4/h64-70,85,87-89,93-95H,1,27-62H2,2-26H3,(H,86,99)(H,90,98)(H,91,100)(H,92,101). The van der Waals surface area contributed by atoms with Crippen LogP contribution in [0.25, 0.3) is 0 Å². The number of nitrogens with one attached hydrogen (secondary N) is 11. The first-order valence-corrected chi connectivity index (χ1v) is 40.8. The Labute approximate surface area is 633 Å². The minimum absolute atomic E-state index is 0.0204. The minimum atomic E-state index is -0.948. The topological polar surface area (TPSA) is 253 Å². The summed E-state index contributed by atoms with van der Waals surface area (Å²) in [6.45, 7) is 60.8. The van der Waals surface area contributed by atoms with Gasteiger partial charge < -0.3 is 68.0 Å². The molecule has 0 bridgehead atoms. The Kier molecular flexibility index (Phi) is 49.2. The van der Waals surface area contributed by atoms with Crippen LogP contribution in [0.5, 0.6) is 0 Å². The predicted octanol–water partition coefficient (Wildman–Crippen LogP) is 14.5. The average Bonchev–Trinajstić information content (AvgIpc) is 0.878. The molecule has 0 aliphatic carbocycles. The van der Waals surface area contributed by atoms with E-state index in [0.717, 1.165) is 134 Å². The molecule has 0 saturated heterocycles. The van der Waals surface area contributed by atoms with Crippen LogP contribution in [0, 0.1) is 16.7 Å². The van der Waals surface area contributed by atoms with Crippen molar-refractivity contribution in [1.82, 2.24) is 58.5 Å². The number of amides is 4. The maximum atomic E-state index is 14.9. The highest BCUT2D eigenvalue weighted by atomic mass is 16.5. The number of carbonyl (C=O) groups excluding carboxylic acids is 6. The van der Waals surface area contributed by atoms with Crippen molar-refractivity contribution in [3.63, 3.8) is 0 Å². The van der Waals surface area contributed by atoms with Gasteiger partial charge >= 0.3 is 0 Å². The lowest BCUT2D eigenvalue weighted by Crippen LogP contribution is -2.57. The van der Waals surface area contributed by atoms with Gasteiger partial charge in [0.2, 0.25) is 23.6 Å². The Balaban J connectivity index is 6.92. The van der Waals surface area contributed by atoms with Crippen molar-refractivity contribution >= 4 is 35.2 Å². The average molecular weight is 1460 g/mol. The maximum absolute atomic E-state index is 14.9. The van der Waals surface area contributed by atoms with E-state index in [1.54, 1.807) is 7.11 Å². The molecule has 4 amide bonds. The number of hydrogen-bond acceptors (Lipinski definition) is 15. The normalized spacial score (nSPS) is 15.0. The van der Waals surface area contributed by atoms with Crippen molar-refractivity contribution in [1.29, 1.82) is 0 Å². The fourth-order valence-electron chi connectivity index (χ4n) is 12.7. The molecule has 11 N–H and O–H groups in total. The van der Waals surface area contributed by atoms with Crippen LogP contribution in [-0.2, 0) is 38.2 Å². The maximum Gasteiger partial charge on any atom is 0.243 e. The third kappa shape index (κ3) is 59.1. The van der Waals surface area contributed by atoms with E-state index < -0.39 is 29.6 Å². The van der Waals surface area contributed by atoms with E-state index in [1.807, 2.05) is 20.8 Å². The van der Waals surface area contributed by atoms with E-state index in [9.17, 15) is 28.8 Å². The van der Waals surface area contributed by atoms with Crippen LogP contribution in [-0.4, -0.2) is 164 Å². The van der Waals surface area contributed by atoms with Crippen LogP contribution in [0.15, 0.2) is 12.3 Å². The van der Waals surface area contributed by atoms with E-state index >= 15 is 0 Å². The van der Waals surface area contributed by atoms with Gasteiger partial charge in [-0.2, -0.15) is 0 Å². The van der Waals surface area contributed by atoms with Crippen molar-refractivity contribution in [3.8, 4) is 0 Å². The van der Waals surface area contributed by atoms with Gasteiger partial charge in [-0.25, -0.2) is 0 Å². The van der Waals surface area contributed by atoms with E-state index in [-0.39, 0.29) is 98.3 Å². The highest BCUT2D eigenvalue weighted by Crippen LogP contribution is 2.29. The van der Waals surface area contributed by atoms with E-state index in [2.05, 4.69) is 210 Å². The smallest absolute Gasteiger partial charge is 0.243 e. The number of carbonyl (C=O) groups is 6. The Hall–Kier alpha value is -3.56. The van der Waals surface area contributed by atoms with Crippen LogP contribution in [0.4, 0.5) is 0 Å². The zero-order valence-electron chi connectivity index (χ0n) is 71.5. The molecule has 0 fully saturated rings. The highest BCUT2D eigenvalue weighted by molar-refractivity contribution is 5.93. The van der Waals surface area contributed by atoms with Crippen molar-refractivity contribution in [3.05, 3.63) is 12.3 Å². The summed E-state index contributed by atoms with van der Waals surface area (Å²) in [7, 11) is 1.62. The largest absolute Gasteiger partial charge is 0.387 e. The molecule has 19 heteroatoms. The molecule has 0 aromatic heterocycles. The van der Waals surface area contributed by atoms with E-state index in [0.29, 0.717) is 97.1 Å². The van der Waals surface area contributed by atoms with Crippen LogP contribution < -0.4 is 58.5 Å². The summed E-state index contributed by atoms with van der Waals surface area (Å²) in [5.74, 6) is -0.717. The van der Waals surface area contributed by atoms with Crippen molar-refractivity contribution in [2.24, 2.45) is 16.7 Å². The van der Waals surface area contributed by atoms with Crippen LogP contribution in [0.2, 0.25) is 0 Å². The van der Waals surface area contributed by atoms with Gasteiger partial charge in [-0.1, -0.05) is 99.5 Å². The molecule has 103 heavy (non-hydrogen) atoms. The quantitative estimate of drug-likeness (QED) is 0.0253. The second-order valence-corrected chi connectivity index (χ2v) is 38.6. The molecular weight excluding hydrogens is 1290 g/mol. The minimum Gasteiger partial charge on any atom is -0.387 e. The number of methoxy groups -OCH3 is 1. The summed E-state index contributed by atoms with van der Waals surface area (Å²) in [5.41, 5.74) is 0.133. The van der Waals surface area contributed by atoms with Gasteiger partial charge in [0, 0.05) is 84.5 Å². The number of rotatable bonds is 58. The zero-order valence-corrected chi connectivity index (χ0v) is 71.5.